The van der Waals surface area contributed by atoms with Crippen molar-refractivity contribution in [2.24, 2.45) is 0 Å². The van der Waals surface area contributed by atoms with Crippen molar-refractivity contribution in [3.05, 3.63) is 87.9 Å². The van der Waals surface area contributed by atoms with E-state index < -0.39 is 5.97 Å². The average Bonchev–Trinajstić information content (AvgIpc) is 3.07. The summed E-state index contributed by atoms with van der Waals surface area (Å²) < 4.78 is 11.6. The summed E-state index contributed by atoms with van der Waals surface area (Å²) in [5, 5.41) is 13.3. The van der Waals surface area contributed by atoms with E-state index in [1.807, 2.05) is 18.2 Å². The van der Waals surface area contributed by atoms with Gasteiger partial charge in [0, 0.05) is 26.6 Å². The van der Waals surface area contributed by atoms with E-state index in [4.69, 9.17) is 32.4 Å². The molecule has 0 bridgehead atoms. The number of hydrogen-bond donors (Lipinski definition) is 0. The second kappa shape index (κ2) is 7.58. The summed E-state index contributed by atoms with van der Waals surface area (Å²) in [6, 6.07) is 19.2. The fourth-order valence-corrected chi connectivity index (χ4v) is 3.42. The zero-order valence-corrected chi connectivity index (χ0v) is 16.0. The lowest BCUT2D eigenvalue weighted by atomic mass is 10.1. The highest BCUT2D eigenvalue weighted by Gasteiger charge is 2.17. The summed E-state index contributed by atoms with van der Waals surface area (Å²) in [7, 11) is 0. The number of carboxylic acids is 1. The lowest BCUT2D eigenvalue weighted by Crippen LogP contribution is -2.22. The van der Waals surface area contributed by atoms with Crippen molar-refractivity contribution in [2.75, 3.05) is 0 Å². The standard InChI is InChI=1S/C22H14Cl2O4/c23-15-7-6-14(18(24)10-15)12-27-16-8-9-19-17(11-16)20(22(25)26)21(28-19)13-4-2-1-3-5-13/h1-11H,12H2,(H,25,26)/p-1. The first-order valence-corrected chi connectivity index (χ1v) is 9.18. The fourth-order valence-electron chi connectivity index (χ4n) is 2.96. The van der Waals surface area contributed by atoms with Crippen LogP contribution in [0.25, 0.3) is 22.3 Å². The molecule has 28 heavy (non-hydrogen) atoms. The molecule has 0 fully saturated rings. The molecular weight excluding hydrogens is 399 g/mol. The summed E-state index contributed by atoms with van der Waals surface area (Å²) >= 11 is 12.1. The average molecular weight is 412 g/mol. The number of carbonyl (C=O) groups excluding carboxylic acids is 1. The Kier molecular flexibility index (Phi) is 4.99. The molecule has 0 atom stereocenters. The van der Waals surface area contributed by atoms with Crippen LogP contribution < -0.4 is 9.84 Å². The van der Waals surface area contributed by atoms with Gasteiger partial charge < -0.3 is 19.1 Å². The number of rotatable bonds is 5. The number of carbonyl (C=O) groups is 1. The van der Waals surface area contributed by atoms with Crippen LogP contribution >= 0.6 is 23.2 Å². The number of carboxylic acid groups (broad SMARTS) is 1. The van der Waals surface area contributed by atoms with Gasteiger partial charge in [-0.1, -0.05) is 59.6 Å². The van der Waals surface area contributed by atoms with Gasteiger partial charge >= 0.3 is 0 Å². The van der Waals surface area contributed by atoms with Crippen molar-refractivity contribution in [1.82, 2.24) is 0 Å². The molecule has 0 saturated carbocycles. The number of hydrogen-bond acceptors (Lipinski definition) is 4. The Morgan fingerprint density at radius 1 is 1.00 bits per heavy atom. The molecule has 4 aromatic rings. The van der Waals surface area contributed by atoms with Gasteiger partial charge in [-0.2, -0.15) is 0 Å². The first-order chi connectivity index (χ1) is 13.5. The largest absolute Gasteiger partial charge is 0.545 e. The van der Waals surface area contributed by atoms with Crippen LogP contribution in [0.15, 0.2) is 71.1 Å². The van der Waals surface area contributed by atoms with E-state index in [0.717, 1.165) is 5.56 Å². The number of fused-ring (bicyclic) bond motifs is 1. The van der Waals surface area contributed by atoms with Crippen molar-refractivity contribution in [2.45, 2.75) is 6.61 Å². The minimum atomic E-state index is -1.31. The lowest BCUT2D eigenvalue weighted by Gasteiger charge is -2.09. The molecule has 4 rings (SSSR count). The van der Waals surface area contributed by atoms with E-state index in [1.54, 1.807) is 48.5 Å². The molecule has 1 aromatic heterocycles. The summed E-state index contributed by atoms with van der Waals surface area (Å²) in [6.07, 6.45) is 0. The third-order valence-corrected chi connectivity index (χ3v) is 4.90. The highest BCUT2D eigenvalue weighted by atomic mass is 35.5. The van der Waals surface area contributed by atoms with Gasteiger partial charge in [-0.3, -0.25) is 0 Å². The van der Waals surface area contributed by atoms with E-state index >= 15 is 0 Å². The molecule has 4 nitrogen and oxygen atoms in total. The fraction of sp³-hybridized carbons (Fsp3) is 0.0455. The van der Waals surface area contributed by atoms with E-state index in [0.29, 0.717) is 32.3 Å². The van der Waals surface area contributed by atoms with Gasteiger partial charge in [-0.15, -0.1) is 0 Å². The lowest BCUT2D eigenvalue weighted by molar-refractivity contribution is -0.254. The summed E-state index contributed by atoms with van der Waals surface area (Å²) in [5.74, 6) is -0.564. The van der Waals surface area contributed by atoms with Crippen LogP contribution in [-0.4, -0.2) is 5.97 Å². The smallest absolute Gasteiger partial charge is 0.144 e. The zero-order chi connectivity index (χ0) is 19.7. The molecule has 6 heteroatoms. The molecule has 140 valence electrons. The van der Waals surface area contributed by atoms with Gasteiger partial charge in [-0.05, 0) is 30.3 Å². The monoisotopic (exact) mass is 411 g/mol. The van der Waals surface area contributed by atoms with Crippen LogP contribution in [0.4, 0.5) is 0 Å². The SMILES string of the molecule is O=C([O-])c1c(-c2ccccc2)oc2ccc(OCc3ccc(Cl)cc3Cl)cc12. The first kappa shape index (κ1) is 18.4. The van der Waals surface area contributed by atoms with Crippen molar-refractivity contribution < 1.29 is 19.1 Å². The molecule has 3 aromatic carbocycles. The minimum Gasteiger partial charge on any atom is -0.545 e. The number of furan rings is 1. The second-order valence-electron chi connectivity index (χ2n) is 6.14. The molecule has 0 unspecified atom stereocenters. The van der Waals surface area contributed by atoms with E-state index in [-0.39, 0.29) is 17.9 Å². The molecule has 0 aliphatic rings. The van der Waals surface area contributed by atoms with Gasteiger partial charge in [0.25, 0.3) is 0 Å². The molecule has 0 amide bonds. The van der Waals surface area contributed by atoms with Crippen molar-refractivity contribution in [3.8, 4) is 17.1 Å². The zero-order valence-electron chi connectivity index (χ0n) is 14.4. The van der Waals surface area contributed by atoms with E-state index in [9.17, 15) is 9.90 Å². The van der Waals surface area contributed by atoms with E-state index in [1.165, 1.54) is 0 Å². The topological polar surface area (TPSA) is 62.5 Å². The molecule has 1 heterocycles. The highest BCUT2D eigenvalue weighted by Crippen LogP contribution is 2.35. The summed E-state index contributed by atoms with van der Waals surface area (Å²) in [5.41, 5.74) is 1.86. The number of aromatic carboxylic acids is 1. The molecule has 0 aliphatic heterocycles. The van der Waals surface area contributed by atoms with Gasteiger partial charge in [0.15, 0.2) is 0 Å². The number of halogens is 2. The quantitative estimate of drug-likeness (QED) is 0.444. The Morgan fingerprint density at radius 2 is 1.79 bits per heavy atom. The molecule has 0 radical (unpaired) electrons. The second-order valence-corrected chi connectivity index (χ2v) is 6.99. The molecule has 0 aliphatic carbocycles. The normalized spacial score (nSPS) is 10.9. The predicted molar refractivity (Wildman–Crippen MR) is 107 cm³/mol. The molecule has 0 spiro atoms. The summed E-state index contributed by atoms with van der Waals surface area (Å²) in [4.78, 5) is 11.8. The Hall–Kier alpha value is -2.95. The number of benzene rings is 3. The minimum absolute atomic E-state index is 0.00354. The van der Waals surface area contributed by atoms with Crippen LogP contribution in [0.3, 0.4) is 0 Å². The third-order valence-electron chi connectivity index (χ3n) is 4.31. The first-order valence-electron chi connectivity index (χ1n) is 8.43. The Bertz CT molecular complexity index is 1170. The maximum Gasteiger partial charge on any atom is 0.144 e. The Labute approximate surface area is 170 Å². The van der Waals surface area contributed by atoms with Crippen molar-refractivity contribution >= 4 is 40.1 Å². The van der Waals surface area contributed by atoms with Crippen molar-refractivity contribution in [3.63, 3.8) is 0 Å². The summed E-state index contributed by atoms with van der Waals surface area (Å²) in [6.45, 7) is 0.214. The molecule has 0 N–H and O–H groups in total. The van der Waals surface area contributed by atoms with E-state index in [2.05, 4.69) is 0 Å². The van der Waals surface area contributed by atoms with Crippen LogP contribution in [-0.2, 0) is 6.61 Å². The van der Waals surface area contributed by atoms with Crippen molar-refractivity contribution in [1.29, 1.82) is 0 Å². The predicted octanol–water partition coefficient (Wildman–Crippen LogP) is 5.35. The van der Waals surface area contributed by atoms with Gasteiger partial charge in [-0.25, -0.2) is 0 Å². The van der Waals surface area contributed by atoms with Gasteiger partial charge in [0.05, 0.1) is 11.5 Å². The van der Waals surface area contributed by atoms with Gasteiger partial charge in [0.1, 0.15) is 23.7 Å². The maximum atomic E-state index is 11.8. The van der Waals surface area contributed by atoms with Crippen LogP contribution in [0.1, 0.15) is 15.9 Å². The highest BCUT2D eigenvalue weighted by molar-refractivity contribution is 6.35. The van der Waals surface area contributed by atoms with Crippen LogP contribution in [0.2, 0.25) is 10.0 Å². The molecular formula is C22H13Cl2O4-. The Morgan fingerprint density at radius 3 is 2.50 bits per heavy atom. The number of ether oxygens (including phenoxy) is 1. The Balaban J connectivity index is 1.70. The molecule has 0 saturated heterocycles. The van der Waals surface area contributed by atoms with Crippen LogP contribution in [0.5, 0.6) is 5.75 Å². The third kappa shape index (κ3) is 3.57. The maximum absolute atomic E-state index is 11.8. The van der Waals surface area contributed by atoms with Gasteiger partial charge in [0.2, 0.25) is 0 Å². The van der Waals surface area contributed by atoms with Crippen LogP contribution in [0, 0.1) is 0 Å².